The summed E-state index contributed by atoms with van der Waals surface area (Å²) in [6.45, 7) is 6.61. The standard InChI is InChI=1S/C24H42O3/c1-4-17-22-20(2)21(3)23(27-22)18-15-13-11-9-7-5-6-8-10-12-14-16-19-24(25)26/h4-19H2,1-3H3,(H,25,26). The van der Waals surface area contributed by atoms with Gasteiger partial charge in [0.1, 0.15) is 11.5 Å². The highest BCUT2D eigenvalue weighted by Gasteiger charge is 2.12. The van der Waals surface area contributed by atoms with Gasteiger partial charge in [-0.3, -0.25) is 4.79 Å². The molecule has 3 nitrogen and oxygen atoms in total. The fourth-order valence-corrected chi connectivity index (χ4v) is 3.75. The SMILES string of the molecule is CCCc1oc(CCCCCCCCCCCCCCC(=O)O)c(C)c1C. The van der Waals surface area contributed by atoms with Crippen molar-refractivity contribution in [3.63, 3.8) is 0 Å². The maximum Gasteiger partial charge on any atom is 0.303 e. The molecule has 1 rings (SSSR count). The number of carboxylic acids is 1. The van der Waals surface area contributed by atoms with Crippen molar-refractivity contribution in [3.8, 4) is 0 Å². The van der Waals surface area contributed by atoms with Gasteiger partial charge >= 0.3 is 5.97 Å². The smallest absolute Gasteiger partial charge is 0.303 e. The zero-order chi connectivity index (χ0) is 19.9. The Kier molecular flexibility index (Phi) is 13.0. The van der Waals surface area contributed by atoms with Gasteiger partial charge in [0.05, 0.1) is 0 Å². The van der Waals surface area contributed by atoms with Gasteiger partial charge in [-0.2, -0.15) is 0 Å². The molecule has 0 amide bonds. The molecule has 156 valence electrons. The minimum absolute atomic E-state index is 0.332. The average Bonchev–Trinajstić information content (AvgIpc) is 2.90. The Hall–Kier alpha value is -1.25. The van der Waals surface area contributed by atoms with Crippen LogP contribution in [0.3, 0.4) is 0 Å². The van der Waals surface area contributed by atoms with Gasteiger partial charge in [-0.25, -0.2) is 0 Å². The molecule has 0 fully saturated rings. The summed E-state index contributed by atoms with van der Waals surface area (Å²) < 4.78 is 6.08. The first kappa shape index (κ1) is 23.8. The van der Waals surface area contributed by atoms with Gasteiger partial charge in [0.15, 0.2) is 0 Å². The monoisotopic (exact) mass is 378 g/mol. The van der Waals surface area contributed by atoms with Crippen LogP contribution in [0.15, 0.2) is 4.42 Å². The highest BCUT2D eigenvalue weighted by atomic mass is 16.4. The predicted octanol–water partition coefficient (Wildman–Crippen LogP) is 7.55. The molecular weight excluding hydrogens is 336 g/mol. The van der Waals surface area contributed by atoms with E-state index in [1.54, 1.807) is 0 Å². The van der Waals surface area contributed by atoms with Crippen molar-refractivity contribution in [1.29, 1.82) is 0 Å². The number of hydrogen-bond acceptors (Lipinski definition) is 2. The number of aryl methyl sites for hydroxylation is 2. The van der Waals surface area contributed by atoms with Crippen LogP contribution in [0.2, 0.25) is 0 Å². The maximum absolute atomic E-state index is 10.4. The van der Waals surface area contributed by atoms with E-state index in [0.29, 0.717) is 6.42 Å². The van der Waals surface area contributed by atoms with Crippen molar-refractivity contribution in [1.82, 2.24) is 0 Å². The molecule has 0 spiro atoms. The lowest BCUT2D eigenvalue weighted by atomic mass is 10.0. The number of unbranched alkanes of at least 4 members (excludes halogenated alkanes) is 11. The molecule has 0 aliphatic rings. The molecule has 0 atom stereocenters. The quantitative estimate of drug-likeness (QED) is 0.285. The van der Waals surface area contributed by atoms with E-state index in [4.69, 9.17) is 9.52 Å². The van der Waals surface area contributed by atoms with Gasteiger partial charge in [-0.1, -0.05) is 71.1 Å². The molecule has 27 heavy (non-hydrogen) atoms. The third-order valence-electron chi connectivity index (χ3n) is 5.67. The summed E-state index contributed by atoms with van der Waals surface area (Å²) >= 11 is 0. The van der Waals surface area contributed by atoms with Crippen LogP contribution in [0, 0.1) is 13.8 Å². The van der Waals surface area contributed by atoms with Crippen molar-refractivity contribution in [3.05, 3.63) is 22.6 Å². The second-order valence-electron chi connectivity index (χ2n) is 8.08. The lowest BCUT2D eigenvalue weighted by Crippen LogP contribution is -1.93. The average molecular weight is 379 g/mol. The second kappa shape index (κ2) is 14.8. The van der Waals surface area contributed by atoms with Crippen molar-refractivity contribution >= 4 is 5.97 Å². The third-order valence-corrected chi connectivity index (χ3v) is 5.67. The lowest BCUT2D eigenvalue weighted by Gasteiger charge is -2.03. The Morgan fingerprint density at radius 2 is 1.11 bits per heavy atom. The van der Waals surface area contributed by atoms with Gasteiger partial charge in [0.2, 0.25) is 0 Å². The highest BCUT2D eigenvalue weighted by Crippen LogP contribution is 2.24. The summed E-state index contributed by atoms with van der Waals surface area (Å²) in [6, 6.07) is 0. The van der Waals surface area contributed by atoms with E-state index in [2.05, 4.69) is 20.8 Å². The molecule has 0 saturated heterocycles. The van der Waals surface area contributed by atoms with Crippen LogP contribution in [-0.4, -0.2) is 11.1 Å². The minimum atomic E-state index is -0.661. The van der Waals surface area contributed by atoms with Crippen LogP contribution in [-0.2, 0) is 17.6 Å². The third kappa shape index (κ3) is 10.6. The molecule has 0 aliphatic heterocycles. The predicted molar refractivity (Wildman–Crippen MR) is 114 cm³/mol. The zero-order valence-electron chi connectivity index (χ0n) is 18.1. The largest absolute Gasteiger partial charge is 0.481 e. The van der Waals surface area contributed by atoms with E-state index >= 15 is 0 Å². The van der Waals surface area contributed by atoms with Crippen molar-refractivity contribution in [2.75, 3.05) is 0 Å². The van der Waals surface area contributed by atoms with Gasteiger partial charge in [0, 0.05) is 19.3 Å². The molecule has 1 heterocycles. The van der Waals surface area contributed by atoms with Gasteiger partial charge in [-0.15, -0.1) is 0 Å². The summed E-state index contributed by atoms with van der Waals surface area (Å²) in [7, 11) is 0. The molecule has 0 radical (unpaired) electrons. The molecule has 1 aromatic rings. The van der Waals surface area contributed by atoms with Gasteiger partial charge < -0.3 is 9.52 Å². The number of furan rings is 1. The van der Waals surface area contributed by atoms with E-state index in [0.717, 1.165) is 32.1 Å². The van der Waals surface area contributed by atoms with Crippen molar-refractivity contribution in [2.24, 2.45) is 0 Å². The molecule has 0 aromatic carbocycles. The Labute approximate surface area is 166 Å². The molecule has 1 N–H and O–H groups in total. The highest BCUT2D eigenvalue weighted by molar-refractivity contribution is 5.66. The van der Waals surface area contributed by atoms with E-state index < -0.39 is 5.97 Å². The summed E-state index contributed by atoms with van der Waals surface area (Å²) in [5.74, 6) is 1.76. The van der Waals surface area contributed by atoms with Crippen molar-refractivity contribution in [2.45, 2.75) is 124 Å². The van der Waals surface area contributed by atoms with Crippen LogP contribution in [0.5, 0.6) is 0 Å². The van der Waals surface area contributed by atoms with Crippen LogP contribution in [0.25, 0.3) is 0 Å². The molecule has 0 unspecified atom stereocenters. The molecule has 0 bridgehead atoms. The number of rotatable bonds is 17. The van der Waals surface area contributed by atoms with Crippen LogP contribution in [0.1, 0.15) is 119 Å². The van der Waals surface area contributed by atoms with Crippen LogP contribution < -0.4 is 0 Å². The molecular formula is C24H42O3. The lowest BCUT2D eigenvalue weighted by molar-refractivity contribution is -0.137. The Bertz CT molecular complexity index is 516. The summed E-state index contributed by atoms with van der Waals surface area (Å²) in [6.07, 6.45) is 18.6. The van der Waals surface area contributed by atoms with Crippen molar-refractivity contribution < 1.29 is 14.3 Å². The number of carbonyl (C=O) groups is 1. The molecule has 0 aliphatic carbocycles. The number of carboxylic acid groups (broad SMARTS) is 1. The molecule has 0 saturated carbocycles. The Morgan fingerprint density at radius 3 is 1.56 bits per heavy atom. The van der Waals surface area contributed by atoms with Crippen LogP contribution >= 0.6 is 0 Å². The van der Waals surface area contributed by atoms with Crippen LogP contribution in [0.4, 0.5) is 0 Å². The first-order valence-corrected chi connectivity index (χ1v) is 11.4. The Balaban J connectivity index is 1.92. The first-order valence-electron chi connectivity index (χ1n) is 11.4. The van der Waals surface area contributed by atoms with Gasteiger partial charge in [0.25, 0.3) is 0 Å². The fraction of sp³-hybridized carbons (Fsp3) is 0.792. The Morgan fingerprint density at radius 1 is 0.704 bits per heavy atom. The van der Waals surface area contributed by atoms with E-state index in [1.807, 2.05) is 0 Å². The van der Waals surface area contributed by atoms with E-state index in [1.165, 1.54) is 86.9 Å². The summed E-state index contributed by atoms with van der Waals surface area (Å²) in [5, 5.41) is 8.59. The zero-order valence-corrected chi connectivity index (χ0v) is 18.1. The fourth-order valence-electron chi connectivity index (χ4n) is 3.75. The molecule has 1 aromatic heterocycles. The second-order valence-corrected chi connectivity index (χ2v) is 8.08. The number of aliphatic carboxylic acids is 1. The minimum Gasteiger partial charge on any atom is -0.481 e. The summed E-state index contributed by atoms with van der Waals surface area (Å²) in [5.41, 5.74) is 2.75. The first-order chi connectivity index (χ1) is 13.1. The van der Waals surface area contributed by atoms with E-state index in [-0.39, 0.29) is 0 Å². The van der Waals surface area contributed by atoms with Gasteiger partial charge in [-0.05, 0) is 44.2 Å². The normalized spacial score (nSPS) is 11.2. The topological polar surface area (TPSA) is 50.4 Å². The maximum atomic E-state index is 10.4. The molecule has 3 heteroatoms. The van der Waals surface area contributed by atoms with E-state index in [9.17, 15) is 4.79 Å². The number of hydrogen-bond donors (Lipinski definition) is 1. The summed E-state index contributed by atoms with van der Waals surface area (Å²) in [4.78, 5) is 10.4.